The van der Waals surface area contributed by atoms with Crippen molar-refractivity contribution >= 4 is 11.9 Å². The van der Waals surface area contributed by atoms with E-state index in [0.29, 0.717) is 45.3 Å². The molecule has 4 saturated carbocycles. The zero-order valence-electron chi connectivity index (χ0n) is 30.7. The summed E-state index contributed by atoms with van der Waals surface area (Å²) in [5.74, 6) is -2.15. The van der Waals surface area contributed by atoms with Gasteiger partial charge in [0.05, 0.1) is 47.8 Å². The second-order valence-electron chi connectivity index (χ2n) is 15.1. The first-order valence-electron chi connectivity index (χ1n) is 17.8. The maximum atomic E-state index is 12.5. The number of carbonyl (C=O) groups is 2. The molecule has 1 spiro atoms. The van der Waals surface area contributed by atoms with Gasteiger partial charge in [-0.15, -0.1) is 0 Å². The number of aliphatic hydroxyl groups is 3. The minimum absolute atomic E-state index is 0.0147. The van der Waals surface area contributed by atoms with Crippen LogP contribution in [0.5, 0.6) is 0 Å². The number of aromatic carboxylic acids is 1. The molecule has 0 radical (unpaired) electrons. The van der Waals surface area contributed by atoms with Crippen LogP contribution in [0.25, 0.3) is 0 Å². The Kier molecular flexibility index (Phi) is 12.6. The SMILES string of the molecule is CCNCC1(COC)C(O)C[C@H](OC)C23C(CC(OC)C12)C[C@]1(OC(C)=O)[C@H](CC(O)(CC)C[C@@H]1O)C3C.O=C(O)c1ccc(C(F)(F)F)cc1. The molecule has 0 bridgehead atoms. The van der Waals surface area contributed by atoms with Gasteiger partial charge in [-0.1, -0.05) is 20.8 Å². The third-order valence-corrected chi connectivity index (χ3v) is 12.9. The Hall–Kier alpha value is -2.33. The van der Waals surface area contributed by atoms with Crippen LogP contribution >= 0.6 is 0 Å². The molecular formula is C37H56F3NO10. The maximum absolute atomic E-state index is 12.5. The third-order valence-electron chi connectivity index (χ3n) is 12.9. The van der Waals surface area contributed by atoms with Crippen molar-refractivity contribution in [3.8, 4) is 0 Å². The number of carbonyl (C=O) groups excluding carboxylic acids is 1. The zero-order valence-corrected chi connectivity index (χ0v) is 30.7. The van der Waals surface area contributed by atoms with E-state index < -0.39 is 57.9 Å². The fourth-order valence-corrected chi connectivity index (χ4v) is 10.8. The summed E-state index contributed by atoms with van der Waals surface area (Å²) in [6.07, 6.45) is -3.77. The Morgan fingerprint density at radius 3 is 2.12 bits per heavy atom. The molecule has 290 valence electrons. The van der Waals surface area contributed by atoms with Crippen LogP contribution in [0.2, 0.25) is 0 Å². The first kappa shape index (κ1) is 41.4. The number of carboxylic acids is 1. The number of fused-ring (bicyclic) bond motifs is 1. The lowest BCUT2D eigenvalue weighted by atomic mass is 9.40. The summed E-state index contributed by atoms with van der Waals surface area (Å²) in [5, 5.41) is 46.8. The first-order valence-corrected chi connectivity index (χ1v) is 17.8. The second kappa shape index (κ2) is 15.6. The Morgan fingerprint density at radius 1 is 0.980 bits per heavy atom. The number of ether oxygens (including phenoxy) is 4. The molecule has 51 heavy (non-hydrogen) atoms. The van der Waals surface area contributed by atoms with Crippen molar-refractivity contribution in [2.75, 3.05) is 41.0 Å². The van der Waals surface area contributed by atoms with E-state index in [1.165, 1.54) is 6.92 Å². The average molecular weight is 732 g/mol. The lowest BCUT2D eigenvalue weighted by Crippen LogP contribution is -2.74. The molecule has 4 fully saturated rings. The number of hydrogen-bond acceptors (Lipinski definition) is 10. The van der Waals surface area contributed by atoms with E-state index in [1.54, 1.807) is 21.3 Å². The fraction of sp³-hybridized carbons (Fsp3) is 0.784. The van der Waals surface area contributed by atoms with Gasteiger partial charge in [-0.25, -0.2) is 4.79 Å². The molecule has 4 aliphatic carbocycles. The molecule has 14 heteroatoms. The van der Waals surface area contributed by atoms with Gasteiger partial charge in [0.1, 0.15) is 5.60 Å². The Bertz CT molecular complexity index is 1360. The molecule has 0 saturated heterocycles. The minimum Gasteiger partial charge on any atom is -0.478 e. The topological polar surface area (TPSA) is 164 Å². The number of methoxy groups -OCH3 is 3. The number of rotatable bonds is 10. The Labute approximate surface area is 298 Å². The van der Waals surface area contributed by atoms with E-state index in [9.17, 15) is 38.1 Å². The lowest BCUT2D eigenvalue weighted by molar-refractivity contribution is -0.299. The number of hydrogen-bond donors (Lipinski definition) is 5. The molecule has 0 aromatic heterocycles. The molecule has 0 amide bonds. The van der Waals surface area contributed by atoms with Gasteiger partial charge in [-0.05, 0) is 68.3 Å². The van der Waals surface area contributed by atoms with Crippen LogP contribution in [0.4, 0.5) is 13.2 Å². The molecule has 5 N–H and O–H groups in total. The molecule has 0 heterocycles. The summed E-state index contributed by atoms with van der Waals surface area (Å²) in [6.45, 7) is 9.28. The normalized spacial score (nSPS) is 40.3. The molecule has 4 aliphatic rings. The van der Waals surface area contributed by atoms with Gasteiger partial charge in [0.25, 0.3) is 0 Å². The van der Waals surface area contributed by atoms with Gasteiger partial charge < -0.3 is 44.7 Å². The number of carboxylic acid groups (broad SMARTS) is 1. The number of nitrogens with one attached hydrogen (secondary N) is 1. The number of halogens is 3. The maximum Gasteiger partial charge on any atom is 0.416 e. The van der Waals surface area contributed by atoms with E-state index >= 15 is 0 Å². The fourth-order valence-electron chi connectivity index (χ4n) is 10.8. The highest BCUT2D eigenvalue weighted by molar-refractivity contribution is 5.87. The summed E-state index contributed by atoms with van der Waals surface area (Å²) >= 11 is 0. The van der Waals surface area contributed by atoms with Crippen molar-refractivity contribution in [3.63, 3.8) is 0 Å². The Balaban J connectivity index is 0.000000378. The van der Waals surface area contributed by atoms with Crippen LogP contribution in [0, 0.1) is 34.5 Å². The highest BCUT2D eigenvalue weighted by Gasteiger charge is 2.77. The number of aliphatic hydroxyl groups excluding tert-OH is 2. The number of alkyl halides is 3. The summed E-state index contributed by atoms with van der Waals surface area (Å²) in [7, 11) is 5.12. The van der Waals surface area contributed by atoms with Crippen LogP contribution < -0.4 is 5.32 Å². The van der Waals surface area contributed by atoms with Crippen LogP contribution in [0.1, 0.15) is 82.1 Å². The summed E-state index contributed by atoms with van der Waals surface area (Å²) in [4.78, 5) is 22.8. The predicted octanol–water partition coefficient (Wildman–Crippen LogP) is 4.30. The van der Waals surface area contributed by atoms with Crippen molar-refractivity contribution in [2.45, 2.75) is 108 Å². The van der Waals surface area contributed by atoms with Crippen molar-refractivity contribution in [3.05, 3.63) is 35.4 Å². The molecule has 1 aromatic carbocycles. The third kappa shape index (κ3) is 7.18. The van der Waals surface area contributed by atoms with Gasteiger partial charge in [0.15, 0.2) is 0 Å². The summed E-state index contributed by atoms with van der Waals surface area (Å²) in [6, 6.07) is 3.32. The minimum atomic E-state index is -4.42. The molecule has 12 atom stereocenters. The lowest BCUT2D eigenvalue weighted by Gasteiger charge is -2.68. The molecule has 11 nitrogen and oxygen atoms in total. The number of benzene rings is 1. The van der Waals surface area contributed by atoms with E-state index in [2.05, 4.69) is 19.2 Å². The van der Waals surface area contributed by atoms with Gasteiger partial charge in [0.2, 0.25) is 0 Å². The van der Waals surface area contributed by atoms with Crippen LogP contribution in [-0.2, 0) is 29.9 Å². The van der Waals surface area contributed by atoms with E-state index in [0.717, 1.165) is 30.8 Å². The average Bonchev–Trinajstić information content (AvgIpc) is 3.42. The quantitative estimate of drug-likeness (QED) is 0.218. The van der Waals surface area contributed by atoms with Crippen LogP contribution in [-0.4, -0.2) is 109 Å². The molecule has 0 aliphatic heterocycles. The van der Waals surface area contributed by atoms with Crippen molar-refractivity contribution in [2.24, 2.45) is 34.5 Å². The van der Waals surface area contributed by atoms with Gasteiger partial charge in [-0.3, -0.25) is 4.79 Å². The van der Waals surface area contributed by atoms with Gasteiger partial charge >= 0.3 is 18.1 Å². The first-order chi connectivity index (χ1) is 23.9. The number of esters is 1. The zero-order chi connectivity index (χ0) is 38.2. The van der Waals surface area contributed by atoms with Crippen LogP contribution in [0.3, 0.4) is 0 Å². The molecule has 5 rings (SSSR count). The van der Waals surface area contributed by atoms with Crippen molar-refractivity contribution < 1.29 is 62.1 Å². The van der Waals surface area contributed by atoms with Crippen molar-refractivity contribution in [1.82, 2.24) is 5.32 Å². The van der Waals surface area contributed by atoms with Crippen LogP contribution in [0.15, 0.2) is 24.3 Å². The van der Waals surface area contributed by atoms with E-state index in [-0.39, 0.29) is 47.9 Å². The predicted molar refractivity (Wildman–Crippen MR) is 180 cm³/mol. The largest absolute Gasteiger partial charge is 0.478 e. The standard InChI is InChI=1S/C29H51NO8.C8H5F3O2/c1-8-26(34)13-20-17(3)29-19(12-28(20,23(33)14-26)38-18(4)31)10-21(36-6)25(29)27(16-35-5,15-30-9-2)22(32)11-24(29)37-7;9-8(10,11)6-3-1-5(2-4-6)7(12)13/h17,19-25,30,32-34H,8-16H2,1-7H3;1-4H,(H,12,13)/t17?,19?,20-,21?,22?,23+,24+,25?,26?,27?,28+,29?;/m1./s1. The highest BCUT2D eigenvalue weighted by atomic mass is 19.4. The monoisotopic (exact) mass is 731 g/mol. The van der Waals surface area contributed by atoms with E-state index in [4.69, 9.17) is 24.1 Å². The smallest absolute Gasteiger partial charge is 0.416 e. The summed E-state index contributed by atoms with van der Waals surface area (Å²) < 4.78 is 60.4. The molecule has 8 unspecified atom stereocenters. The van der Waals surface area contributed by atoms with Crippen molar-refractivity contribution in [1.29, 1.82) is 0 Å². The molecule has 1 aromatic rings. The summed E-state index contributed by atoms with van der Waals surface area (Å²) in [5.41, 5.74) is -4.22. The van der Waals surface area contributed by atoms with E-state index in [1.807, 2.05) is 6.92 Å². The Morgan fingerprint density at radius 2 is 1.63 bits per heavy atom. The highest BCUT2D eigenvalue weighted by Crippen LogP contribution is 2.73. The molecular weight excluding hydrogens is 675 g/mol. The second-order valence-corrected chi connectivity index (χ2v) is 15.1. The van der Waals surface area contributed by atoms with Gasteiger partial charge in [-0.2, -0.15) is 13.2 Å². The van der Waals surface area contributed by atoms with Gasteiger partial charge in [0, 0.05) is 70.3 Å².